The van der Waals surface area contributed by atoms with Gasteiger partial charge in [0.15, 0.2) is 11.0 Å². The highest BCUT2D eigenvalue weighted by Crippen LogP contribution is 2.41. The number of rotatable bonds is 6. The number of halogens is 1. The highest BCUT2D eigenvalue weighted by Gasteiger charge is 2.30. The maximum absolute atomic E-state index is 12.3. The molecule has 1 aromatic carbocycles. The Kier molecular flexibility index (Phi) is 4.91. The molecule has 4 rings (SSSR count). The van der Waals surface area contributed by atoms with Crippen molar-refractivity contribution in [1.29, 1.82) is 0 Å². The molecule has 0 aliphatic heterocycles. The number of thioether (sulfide) groups is 1. The van der Waals surface area contributed by atoms with E-state index < -0.39 is 0 Å². The molecule has 128 valence electrons. The zero-order chi connectivity index (χ0) is 17.2. The SMILES string of the molecule is O=C(CSc1nnc(-c2cccs2)n1C1CC1)Nc1ccccc1Br. The Morgan fingerprint density at radius 2 is 2.12 bits per heavy atom. The van der Waals surface area contributed by atoms with Crippen LogP contribution in [-0.4, -0.2) is 26.4 Å². The molecule has 0 unspecified atom stereocenters. The molecule has 0 spiro atoms. The van der Waals surface area contributed by atoms with E-state index in [1.807, 2.05) is 35.7 Å². The fraction of sp³-hybridized carbons (Fsp3) is 0.235. The molecule has 0 bridgehead atoms. The Balaban J connectivity index is 1.46. The van der Waals surface area contributed by atoms with Crippen LogP contribution >= 0.6 is 39.0 Å². The number of aromatic nitrogens is 3. The minimum absolute atomic E-state index is 0.0556. The van der Waals surface area contributed by atoms with E-state index in [1.54, 1.807) is 11.3 Å². The van der Waals surface area contributed by atoms with Gasteiger partial charge in [-0.3, -0.25) is 9.36 Å². The number of amides is 1. The van der Waals surface area contributed by atoms with Crippen molar-refractivity contribution >= 4 is 50.6 Å². The second kappa shape index (κ2) is 7.31. The fourth-order valence-corrected chi connectivity index (χ4v) is 4.39. The van der Waals surface area contributed by atoms with Gasteiger partial charge in [-0.2, -0.15) is 0 Å². The van der Waals surface area contributed by atoms with Gasteiger partial charge in [0.2, 0.25) is 5.91 Å². The highest BCUT2D eigenvalue weighted by molar-refractivity contribution is 9.10. The molecule has 0 atom stereocenters. The summed E-state index contributed by atoms with van der Waals surface area (Å²) in [5, 5.41) is 14.5. The molecule has 8 heteroatoms. The topological polar surface area (TPSA) is 59.8 Å². The van der Waals surface area contributed by atoms with Crippen LogP contribution in [0, 0.1) is 0 Å². The van der Waals surface area contributed by atoms with Crippen molar-refractivity contribution in [2.75, 3.05) is 11.1 Å². The lowest BCUT2D eigenvalue weighted by atomic mass is 10.3. The number of para-hydroxylation sites is 1. The first-order chi connectivity index (χ1) is 12.2. The predicted molar refractivity (Wildman–Crippen MR) is 105 cm³/mol. The molecule has 1 saturated carbocycles. The van der Waals surface area contributed by atoms with Gasteiger partial charge in [-0.15, -0.1) is 21.5 Å². The summed E-state index contributed by atoms with van der Waals surface area (Å²) in [5.41, 5.74) is 0.774. The van der Waals surface area contributed by atoms with Gasteiger partial charge < -0.3 is 5.32 Å². The monoisotopic (exact) mass is 434 g/mol. The molecule has 2 heterocycles. The van der Waals surface area contributed by atoms with Crippen molar-refractivity contribution in [1.82, 2.24) is 14.8 Å². The Hall–Kier alpha value is -1.64. The number of carbonyl (C=O) groups is 1. The number of benzene rings is 1. The maximum Gasteiger partial charge on any atom is 0.234 e. The number of hydrogen-bond acceptors (Lipinski definition) is 5. The van der Waals surface area contributed by atoms with Crippen LogP contribution < -0.4 is 5.32 Å². The molecule has 25 heavy (non-hydrogen) atoms. The van der Waals surface area contributed by atoms with Crippen LogP contribution in [0.25, 0.3) is 10.7 Å². The summed E-state index contributed by atoms with van der Waals surface area (Å²) in [6, 6.07) is 12.1. The highest BCUT2D eigenvalue weighted by atomic mass is 79.9. The van der Waals surface area contributed by atoms with Crippen molar-refractivity contribution in [3.8, 4) is 10.7 Å². The Bertz CT molecular complexity index is 890. The van der Waals surface area contributed by atoms with Crippen molar-refractivity contribution in [3.63, 3.8) is 0 Å². The Labute approximate surface area is 162 Å². The molecule has 1 aliphatic carbocycles. The van der Waals surface area contributed by atoms with Gasteiger partial charge in [0.25, 0.3) is 0 Å². The van der Waals surface area contributed by atoms with Crippen molar-refractivity contribution < 1.29 is 4.79 Å². The molecule has 5 nitrogen and oxygen atoms in total. The average molecular weight is 435 g/mol. The number of thiophene rings is 1. The van der Waals surface area contributed by atoms with Gasteiger partial charge in [-0.1, -0.05) is 30.0 Å². The quantitative estimate of drug-likeness (QED) is 0.564. The van der Waals surface area contributed by atoms with Gasteiger partial charge in [-0.05, 0) is 52.4 Å². The number of carbonyl (C=O) groups excluding carboxylic acids is 1. The lowest BCUT2D eigenvalue weighted by Gasteiger charge is -2.09. The second-order valence-electron chi connectivity index (χ2n) is 5.70. The van der Waals surface area contributed by atoms with Crippen LogP contribution in [0.15, 0.2) is 51.4 Å². The molecular weight excluding hydrogens is 420 g/mol. The maximum atomic E-state index is 12.3. The minimum atomic E-state index is -0.0556. The first kappa shape index (κ1) is 16.8. The van der Waals surface area contributed by atoms with E-state index in [1.165, 1.54) is 11.8 Å². The molecule has 1 amide bonds. The second-order valence-corrected chi connectivity index (χ2v) is 8.45. The van der Waals surface area contributed by atoms with E-state index in [2.05, 4.69) is 42.1 Å². The van der Waals surface area contributed by atoms with E-state index in [-0.39, 0.29) is 5.91 Å². The fourth-order valence-electron chi connectivity index (χ4n) is 2.49. The van der Waals surface area contributed by atoms with Gasteiger partial charge in [0.1, 0.15) is 0 Å². The van der Waals surface area contributed by atoms with Gasteiger partial charge in [0.05, 0.1) is 16.3 Å². The molecule has 3 aromatic rings. The molecule has 1 aliphatic rings. The average Bonchev–Trinajstić information content (AvgIpc) is 3.13. The van der Waals surface area contributed by atoms with Crippen LogP contribution in [0.4, 0.5) is 5.69 Å². The van der Waals surface area contributed by atoms with Crippen molar-refractivity contribution in [3.05, 3.63) is 46.3 Å². The Morgan fingerprint density at radius 3 is 2.84 bits per heavy atom. The normalized spacial score (nSPS) is 13.8. The third kappa shape index (κ3) is 3.80. The van der Waals surface area contributed by atoms with Crippen LogP contribution in [0.1, 0.15) is 18.9 Å². The number of anilines is 1. The van der Waals surface area contributed by atoms with Crippen LogP contribution in [0.2, 0.25) is 0 Å². The summed E-state index contributed by atoms with van der Waals surface area (Å²) < 4.78 is 3.05. The lowest BCUT2D eigenvalue weighted by Crippen LogP contribution is -2.15. The predicted octanol–water partition coefficient (Wildman–Crippen LogP) is 4.83. The third-order valence-electron chi connectivity index (χ3n) is 3.80. The Morgan fingerprint density at radius 1 is 1.28 bits per heavy atom. The van der Waals surface area contributed by atoms with E-state index in [0.717, 1.165) is 38.9 Å². The van der Waals surface area contributed by atoms with Gasteiger partial charge in [-0.25, -0.2) is 0 Å². The van der Waals surface area contributed by atoms with E-state index in [4.69, 9.17) is 0 Å². The van der Waals surface area contributed by atoms with E-state index in [9.17, 15) is 4.79 Å². The summed E-state index contributed by atoms with van der Waals surface area (Å²) in [6.45, 7) is 0. The largest absolute Gasteiger partial charge is 0.324 e. The van der Waals surface area contributed by atoms with Crippen LogP contribution in [0.3, 0.4) is 0 Å². The van der Waals surface area contributed by atoms with E-state index in [0.29, 0.717) is 11.8 Å². The molecular formula is C17H15BrN4OS2. The zero-order valence-corrected chi connectivity index (χ0v) is 16.4. The van der Waals surface area contributed by atoms with Gasteiger partial charge >= 0.3 is 0 Å². The summed E-state index contributed by atoms with van der Waals surface area (Å²) in [5.74, 6) is 1.16. The number of nitrogens with one attached hydrogen (secondary N) is 1. The van der Waals surface area contributed by atoms with Crippen molar-refractivity contribution in [2.45, 2.75) is 24.0 Å². The molecule has 0 radical (unpaired) electrons. The third-order valence-corrected chi connectivity index (χ3v) is 6.30. The molecule has 1 N–H and O–H groups in total. The van der Waals surface area contributed by atoms with Gasteiger partial charge in [0, 0.05) is 10.5 Å². The summed E-state index contributed by atoms with van der Waals surface area (Å²) in [4.78, 5) is 13.4. The number of hydrogen-bond donors (Lipinski definition) is 1. The minimum Gasteiger partial charge on any atom is -0.324 e. The first-order valence-electron chi connectivity index (χ1n) is 7.88. The zero-order valence-electron chi connectivity index (χ0n) is 13.2. The number of nitrogens with zero attached hydrogens (tertiary/aromatic N) is 3. The summed E-state index contributed by atoms with van der Waals surface area (Å²) in [6.07, 6.45) is 2.29. The lowest BCUT2D eigenvalue weighted by molar-refractivity contribution is -0.113. The summed E-state index contributed by atoms with van der Waals surface area (Å²) >= 11 is 6.53. The smallest absolute Gasteiger partial charge is 0.234 e. The van der Waals surface area contributed by atoms with Crippen LogP contribution in [0.5, 0.6) is 0 Å². The molecule has 1 fully saturated rings. The first-order valence-corrected chi connectivity index (χ1v) is 10.5. The standard InChI is InChI=1S/C17H15BrN4OS2/c18-12-4-1-2-5-13(12)19-15(23)10-25-17-21-20-16(14-6-3-9-24-14)22(17)11-7-8-11/h1-6,9,11H,7-8,10H2,(H,19,23). The van der Waals surface area contributed by atoms with Crippen LogP contribution in [-0.2, 0) is 4.79 Å². The van der Waals surface area contributed by atoms with Crippen molar-refractivity contribution in [2.24, 2.45) is 0 Å². The summed E-state index contributed by atoms with van der Waals surface area (Å²) in [7, 11) is 0. The molecule has 0 saturated heterocycles. The van der Waals surface area contributed by atoms with E-state index >= 15 is 0 Å². The molecule has 2 aromatic heterocycles.